The maximum absolute atomic E-state index is 5.00. The highest BCUT2D eigenvalue weighted by molar-refractivity contribution is 5.36. The van der Waals surface area contributed by atoms with Crippen LogP contribution in [-0.4, -0.2) is 9.97 Å². The van der Waals surface area contributed by atoms with Crippen LogP contribution in [-0.2, 0) is 13.0 Å². The van der Waals surface area contributed by atoms with Gasteiger partial charge in [-0.25, -0.2) is 9.97 Å². The van der Waals surface area contributed by atoms with Crippen LogP contribution in [0, 0.1) is 6.92 Å². The molecular formula is C12H15N3O. The number of rotatable bonds is 4. The topological polar surface area (TPSA) is 51.0 Å². The fourth-order valence-corrected chi connectivity index (χ4v) is 1.49. The van der Waals surface area contributed by atoms with Gasteiger partial charge in [0, 0.05) is 23.9 Å². The summed E-state index contributed by atoms with van der Waals surface area (Å²) in [6.07, 6.45) is 4.31. The van der Waals surface area contributed by atoms with E-state index >= 15 is 0 Å². The lowest BCUT2D eigenvalue weighted by Gasteiger charge is -2.06. The normalized spacial score (nSPS) is 10.4. The number of aryl methyl sites for hydroxylation is 2. The number of hydrogen-bond acceptors (Lipinski definition) is 4. The van der Waals surface area contributed by atoms with E-state index in [0.717, 1.165) is 35.9 Å². The molecule has 0 aliphatic carbocycles. The van der Waals surface area contributed by atoms with Gasteiger partial charge in [-0.1, -0.05) is 6.92 Å². The summed E-state index contributed by atoms with van der Waals surface area (Å²) in [5, 5.41) is 3.25. The summed E-state index contributed by atoms with van der Waals surface area (Å²) in [5.74, 6) is 1.67. The molecule has 84 valence electrons. The third-order valence-corrected chi connectivity index (χ3v) is 2.31. The molecule has 16 heavy (non-hydrogen) atoms. The Morgan fingerprint density at radius 3 is 2.94 bits per heavy atom. The van der Waals surface area contributed by atoms with Crippen LogP contribution in [0.15, 0.2) is 29.1 Å². The number of nitrogens with one attached hydrogen (secondary N) is 1. The average Bonchev–Trinajstić information content (AvgIpc) is 2.78. The molecule has 0 fully saturated rings. The second-order valence-corrected chi connectivity index (χ2v) is 3.63. The van der Waals surface area contributed by atoms with E-state index < -0.39 is 0 Å². The molecule has 0 radical (unpaired) electrons. The second-order valence-electron chi connectivity index (χ2n) is 3.63. The predicted octanol–water partition coefficient (Wildman–Crippen LogP) is 2.55. The van der Waals surface area contributed by atoms with Gasteiger partial charge in [0.05, 0.1) is 12.5 Å². The molecule has 0 atom stereocenters. The van der Waals surface area contributed by atoms with E-state index in [1.807, 2.05) is 19.1 Å². The fourth-order valence-electron chi connectivity index (χ4n) is 1.49. The Morgan fingerprint density at radius 2 is 2.25 bits per heavy atom. The Hall–Kier alpha value is -1.84. The number of aromatic nitrogens is 2. The molecular weight excluding hydrogens is 202 g/mol. The Labute approximate surface area is 94.7 Å². The SMILES string of the molecule is CCc1cc(NCc2ccoc2)nc(C)n1. The molecule has 4 nitrogen and oxygen atoms in total. The van der Waals surface area contributed by atoms with Gasteiger partial charge in [0.15, 0.2) is 0 Å². The molecule has 2 aromatic rings. The molecule has 0 unspecified atom stereocenters. The van der Waals surface area contributed by atoms with Crippen molar-refractivity contribution in [2.24, 2.45) is 0 Å². The van der Waals surface area contributed by atoms with Crippen molar-refractivity contribution in [2.45, 2.75) is 26.8 Å². The minimum absolute atomic E-state index is 0.718. The summed E-state index contributed by atoms with van der Waals surface area (Å²) in [4.78, 5) is 8.66. The molecule has 0 amide bonds. The Bertz CT molecular complexity index is 451. The van der Waals surface area contributed by atoms with Gasteiger partial charge in [-0.15, -0.1) is 0 Å². The molecule has 0 bridgehead atoms. The van der Waals surface area contributed by atoms with E-state index in [4.69, 9.17) is 4.42 Å². The van der Waals surface area contributed by atoms with E-state index in [0.29, 0.717) is 0 Å². The summed E-state index contributed by atoms with van der Waals surface area (Å²) >= 11 is 0. The van der Waals surface area contributed by atoms with Gasteiger partial charge >= 0.3 is 0 Å². The first-order valence-corrected chi connectivity index (χ1v) is 5.37. The predicted molar refractivity (Wildman–Crippen MR) is 62.2 cm³/mol. The first-order valence-electron chi connectivity index (χ1n) is 5.37. The quantitative estimate of drug-likeness (QED) is 0.855. The molecule has 2 rings (SSSR count). The Kier molecular flexibility index (Phi) is 3.19. The van der Waals surface area contributed by atoms with Crippen molar-refractivity contribution in [3.05, 3.63) is 41.7 Å². The van der Waals surface area contributed by atoms with Gasteiger partial charge < -0.3 is 9.73 Å². The molecule has 0 aliphatic rings. The number of nitrogens with zero attached hydrogens (tertiary/aromatic N) is 2. The number of furan rings is 1. The van der Waals surface area contributed by atoms with E-state index in [-0.39, 0.29) is 0 Å². The maximum Gasteiger partial charge on any atom is 0.130 e. The number of hydrogen-bond donors (Lipinski definition) is 1. The zero-order valence-electron chi connectivity index (χ0n) is 9.53. The summed E-state index contributed by atoms with van der Waals surface area (Å²) in [5.41, 5.74) is 2.16. The molecule has 0 saturated heterocycles. The third kappa shape index (κ3) is 2.59. The lowest BCUT2D eigenvalue weighted by molar-refractivity contribution is 0.564. The van der Waals surface area contributed by atoms with Crippen LogP contribution in [0.3, 0.4) is 0 Å². The zero-order chi connectivity index (χ0) is 11.4. The Morgan fingerprint density at radius 1 is 1.38 bits per heavy atom. The van der Waals surface area contributed by atoms with Crippen molar-refractivity contribution < 1.29 is 4.42 Å². The van der Waals surface area contributed by atoms with Gasteiger partial charge in [0.1, 0.15) is 11.6 Å². The molecule has 0 aliphatic heterocycles. The highest BCUT2D eigenvalue weighted by Crippen LogP contribution is 2.09. The highest BCUT2D eigenvalue weighted by atomic mass is 16.3. The van der Waals surface area contributed by atoms with Gasteiger partial charge in [-0.2, -0.15) is 0 Å². The van der Waals surface area contributed by atoms with Crippen molar-refractivity contribution in [2.75, 3.05) is 5.32 Å². The summed E-state index contributed by atoms with van der Waals surface area (Å²) in [6, 6.07) is 3.91. The van der Waals surface area contributed by atoms with Crippen LogP contribution >= 0.6 is 0 Å². The molecule has 0 aromatic carbocycles. The van der Waals surface area contributed by atoms with Crippen molar-refractivity contribution in [1.29, 1.82) is 0 Å². The van der Waals surface area contributed by atoms with Gasteiger partial charge in [-0.3, -0.25) is 0 Å². The van der Waals surface area contributed by atoms with Crippen LogP contribution < -0.4 is 5.32 Å². The van der Waals surface area contributed by atoms with Gasteiger partial charge in [0.2, 0.25) is 0 Å². The molecule has 1 N–H and O–H groups in total. The second kappa shape index (κ2) is 4.79. The van der Waals surface area contributed by atoms with Crippen molar-refractivity contribution in [3.63, 3.8) is 0 Å². The van der Waals surface area contributed by atoms with Crippen LogP contribution in [0.5, 0.6) is 0 Å². The zero-order valence-corrected chi connectivity index (χ0v) is 9.53. The van der Waals surface area contributed by atoms with Crippen molar-refractivity contribution in [1.82, 2.24) is 9.97 Å². The smallest absolute Gasteiger partial charge is 0.130 e. The van der Waals surface area contributed by atoms with E-state index in [1.165, 1.54) is 0 Å². The average molecular weight is 217 g/mol. The fraction of sp³-hybridized carbons (Fsp3) is 0.333. The molecule has 0 saturated carbocycles. The standard InChI is InChI=1S/C12H15N3O/c1-3-11-6-12(15-9(2)14-11)13-7-10-4-5-16-8-10/h4-6,8H,3,7H2,1-2H3,(H,13,14,15). The first kappa shape index (κ1) is 10.7. The minimum Gasteiger partial charge on any atom is -0.472 e. The summed E-state index contributed by atoms with van der Waals surface area (Å²) in [7, 11) is 0. The Balaban J connectivity index is 2.06. The third-order valence-electron chi connectivity index (χ3n) is 2.31. The van der Waals surface area contributed by atoms with Crippen LogP contribution in [0.4, 0.5) is 5.82 Å². The molecule has 0 spiro atoms. The summed E-state index contributed by atoms with van der Waals surface area (Å²) in [6.45, 7) is 4.71. The van der Waals surface area contributed by atoms with Crippen molar-refractivity contribution in [3.8, 4) is 0 Å². The largest absolute Gasteiger partial charge is 0.472 e. The first-order chi connectivity index (χ1) is 7.78. The molecule has 2 heterocycles. The van der Waals surface area contributed by atoms with Crippen LogP contribution in [0.2, 0.25) is 0 Å². The number of anilines is 1. The summed E-state index contributed by atoms with van der Waals surface area (Å²) < 4.78 is 5.00. The maximum atomic E-state index is 5.00. The minimum atomic E-state index is 0.718. The lowest BCUT2D eigenvalue weighted by Crippen LogP contribution is -2.04. The highest BCUT2D eigenvalue weighted by Gasteiger charge is 2.00. The van der Waals surface area contributed by atoms with Crippen LogP contribution in [0.25, 0.3) is 0 Å². The molecule has 4 heteroatoms. The van der Waals surface area contributed by atoms with Gasteiger partial charge in [-0.05, 0) is 19.4 Å². The van der Waals surface area contributed by atoms with Crippen LogP contribution in [0.1, 0.15) is 24.0 Å². The van der Waals surface area contributed by atoms with E-state index in [9.17, 15) is 0 Å². The lowest BCUT2D eigenvalue weighted by atomic mass is 10.3. The van der Waals surface area contributed by atoms with E-state index in [1.54, 1.807) is 12.5 Å². The van der Waals surface area contributed by atoms with Gasteiger partial charge in [0.25, 0.3) is 0 Å². The van der Waals surface area contributed by atoms with E-state index in [2.05, 4.69) is 22.2 Å². The monoisotopic (exact) mass is 217 g/mol. The molecule has 2 aromatic heterocycles. The van der Waals surface area contributed by atoms with Crippen molar-refractivity contribution >= 4 is 5.82 Å².